The maximum atomic E-state index is 11.5. The Morgan fingerprint density at radius 1 is 1.64 bits per heavy atom. The van der Waals surface area contributed by atoms with Crippen molar-refractivity contribution in [2.75, 3.05) is 19.5 Å². The number of hydrogen-bond donors (Lipinski definition) is 0. The average molecular weight is 235 g/mol. The molecular weight excluding hydrogens is 222 g/mol. The maximum Gasteiger partial charge on any atom is 0.233 e. The van der Waals surface area contributed by atoms with Gasteiger partial charge in [0, 0.05) is 13.6 Å². The summed E-state index contributed by atoms with van der Waals surface area (Å²) in [4.78, 5) is 0. The molecule has 14 heavy (non-hydrogen) atoms. The summed E-state index contributed by atoms with van der Waals surface area (Å²) in [6, 6.07) is 0. The normalized spacial score (nSPS) is 31.4. The summed E-state index contributed by atoms with van der Waals surface area (Å²) in [5, 5.41) is 7.15. The lowest BCUT2D eigenvalue weighted by Crippen LogP contribution is -2.49. The summed E-state index contributed by atoms with van der Waals surface area (Å²) in [6.45, 7) is 2.56. The number of nitrogens with zero attached hydrogens (tertiary/aromatic N) is 3. The predicted molar refractivity (Wildman–Crippen MR) is 57.4 cm³/mol. The van der Waals surface area contributed by atoms with E-state index in [1.54, 1.807) is 23.8 Å². The van der Waals surface area contributed by atoms with E-state index in [4.69, 9.17) is 0 Å². The molecule has 2 aliphatic rings. The van der Waals surface area contributed by atoms with Crippen LogP contribution in [0.5, 0.6) is 0 Å². The fourth-order valence-electron chi connectivity index (χ4n) is 1.45. The second-order valence-corrected chi connectivity index (χ2v) is 6.68. The molecule has 0 saturated carbocycles. The Bertz CT molecular complexity index is 365. The molecule has 0 aromatic heterocycles. The van der Waals surface area contributed by atoms with Gasteiger partial charge in [-0.25, -0.2) is 12.7 Å². The highest BCUT2D eigenvalue weighted by molar-refractivity contribution is 8.14. The van der Waals surface area contributed by atoms with Gasteiger partial charge in [0.1, 0.15) is 5.37 Å². The third-order valence-corrected chi connectivity index (χ3v) is 5.33. The summed E-state index contributed by atoms with van der Waals surface area (Å²) in [7, 11) is -1.49. The van der Waals surface area contributed by atoms with E-state index in [1.165, 1.54) is 4.31 Å². The van der Waals surface area contributed by atoms with Crippen molar-refractivity contribution in [1.29, 1.82) is 0 Å². The highest BCUT2D eigenvalue weighted by Crippen LogP contribution is 2.31. The Labute approximate surface area is 88.2 Å². The van der Waals surface area contributed by atoms with Gasteiger partial charge in [-0.2, -0.15) is 5.10 Å². The minimum atomic E-state index is -3.11. The molecular formula is C7H13N3O2S2. The fraction of sp³-hybridized carbons (Fsp3) is 0.857. The molecule has 2 aliphatic heterocycles. The van der Waals surface area contributed by atoms with E-state index in [-0.39, 0.29) is 11.3 Å². The highest BCUT2D eigenvalue weighted by atomic mass is 32.2. The van der Waals surface area contributed by atoms with E-state index in [1.807, 2.05) is 6.92 Å². The fourth-order valence-corrected chi connectivity index (χ4v) is 3.95. The second kappa shape index (κ2) is 3.39. The largest absolute Gasteiger partial charge is 0.265 e. The van der Waals surface area contributed by atoms with Crippen LogP contribution in [0.1, 0.15) is 13.3 Å². The van der Waals surface area contributed by atoms with Gasteiger partial charge in [-0.05, 0) is 6.42 Å². The van der Waals surface area contributed by atoms with Crippen molar-refractivity contribution in [1.82, 2.24) is 9.31 Å². The first-order valence-corrected chi connectivity index (χ1v) is 6.96. The molecule has 7 heteroatoms. The van der Waals surface area contributed by atoms with Crippen LogP contribution in [0, 0.1) is 0 Å². The maximum absolute atomic E-state index is 11.5. The standard InChI is InChI=1S/C7H13N3O2S2/c1-3-6-8-10-5-14(11,12)9(2)4-7(10)13-6/h7H,3-5H2,1-2H3. The summed E-state index contributed by atoms with van der Waals surface area (Å²) >= 11 is 1.67. The van der Waals surface area contributed by atoms with Crippen LogP contribution in [0.2, 0.25) is 0 Å². The highest BCUT2D eigenvalue weighted by Gasteiger charge is 2.38. The van der Waals surface area contributed by atoms with Crippen molar-refractivity contribution in [3.05, 3.63) is 0 Å². The van der Waals surface area contributed by atoms with Crippen molar-refractivity contribution < 1.29 is 8.42 Å². The van der Waals surface area contributed by atoms with Crippen molar-refractivity contribution in [2.45, 2.75) is 18.7 Å². The average Bonchev–Trinajstić information content (AvgIpc) is 2.47. The molecule has 1 fully saturated rings. The molecule has 1 saturated heterocycles. The minimum absolute atomic E-state index is 0.0185. The Kier molecular flexibility index (Phi) is 2.48. The lowest BCUT2D eigenvalue weighted by atomic mass is 10.5. The van der Waals surface area contributed by atoms with Gasteiger partial charge in [-0.1, -0.05) is 18.7 Å². The SMILES string of the molecule is CCC1=NN2CS(=O)(=O)N(C)CC2S1. The van der Waals surface area contributed by atoms with Gasteiger partial charge in [0.25, 0.3) is 0 Å². The third kappa shape index (κ3) is 1.64. The van der Waals surface area contributed by atoms with Gasteiger partial charge in [-0.15, -0.1) is 0 Å². The van der Waals surface area contributed by atoms with Crippen LogP contribution >= 0.6 is 11.8 Å². The van der Waals surface area contributed by atoms with Gasteiger partial charge in [0.05, 0.1) is 5.04 Å². The van der Waals surface area contributed by atoms with E-state index < -0.39 is 10.0 Å². The molecule has 0 aromatic rings. The summed E-state index contributed by atoms with van der Waals surface area (Å²) in [6.07, 6.45) is 0.876. The lowest BCUT2D eigenvalue weighted by Gasteiger charge is -2.32. The van der Waals surface area contributed by atoms with E-state index in [9.17, 15) is 8.42 Å². The summed E-state index contributed by atoms with van der Waals surface area (Å²) in [5.74, 6) is 0.0185. The van der Waals surface area contributed by atoms with E-state index in [0.29, 0.717) is 6.54 Å². The molecule has 80 valence electrons. The second-order valence-electron chi connectivity index (χ2n) is 3.38. The van der Waals surface area contributed by atoms with E-state index >= 15 is 0 Å². The zero-order valence-electron chi connectivity index (χ0n) is 8.17. The number of sulfonamides is 1. The van der Waals surface area contributed by atoms with Gasteiger partial charge < -0.3 is 0 Å². The van der Waals surface area contributed by atoms with E-state index in [2.05, 4.69) is 5.10 Å². The smallest absolute Gasteiger partial charge is 0.233 e. The van der Waals surface area contributed by atoms with Crippen LogP contribution in [0.3, 0.4) is 0 Å². The molecule has 0 spiro atoms. The Morgan fingerprint density at radius 3 is 3.00 bits per heavy atom. The van der Waals surface area contributed by atoms with Crippen molar-refractivity contribution in [3.8, 4) is 0 Å². The van der Waals surface area contributed by atoms with Crippen molar-refractivity contribution in [2.24, 2.45) is 5.10 Å². The Balaban J connectivity index is 2.19. The lowest BCUT2D eigenvalue weighted by molar-refractivity contribution is 0.252. The molecule has 1 atom stereocenters. The molecule has 2 rings (SSSR count). The van der Waals surface area contributed by atoms with Gasteiger partial charge in [0.15, 0.2) is 5.88 Å². The van der Waals surface area contributed by atoms with Gasteiger partial charge >= 0.3 is 0 Å². The van der Waals surface area contributed by atoms with Crippen LogP contribution in [0.4, 0.5) is 0 Å². The monoisotopic (exact) mass is 235 g/mol. The first-order valence-electron chi connectivity index (χ1n) is 4.47. The number of rotatable bonds is 1. The molecule has 0 radical (unpaired) electrons. The molecule has 0 amide bonds. The number of thioether (sulfide) groups is 1. The zero-order valence-corrected chi connectivity index (χ0v) is 9.81. The Morgan fingerprint density at radius 2 is 2.36 bits per heavy atom. The van der Waals surface area contributed by atoms with Crippen LogP contribution in [0.25, 0.3) is 0 Å². The molecule has 2 heterocycles. The van der Waals surface area contributed by atoms with Crippen molar-refractivity contribution in [3.63, 3.8) is 0 Å². The van der Waals surface area contributed by atoms with Gasteiger partial charge in [-0.3, -0.25) is 5.01 Å². The first kappa shape index (κ1) is 10.3. The number of hydrogen-bond acceptors (Lipinski definition) is 5. The van der Waals surface area contributed by atoms with Crippen molar-refractivity contribution >= 4 is 26.8 Å². The molecule has 0 N–H and O–H groups in total. The predicted octanol–water partition coefficient (Wildman–Crippen LogP) is 0.318. The number of likely N-dealkylation sites (N-methyl/N-ethyl adjacent to an activating group) is 1. The summed E-state index contributed by atoms with van der Waals surface area (Å²) < 4.78 is 24.5. The Hall–Kier alpha value is -0.270. The quantitative estimate of drug-likeness (QED) is 0.657. The third-order valence-electron chi connectivity index (χ3n) is 2.33. The van der Waals surface area contributed by atoms with Crippen LogP contribution in [-0.4, -0.2) is 47.6 Å². The number of fused-ring (bicyclic) bond motifs is 1. The van der Waals surface area contributed by atoms with Gasteiger partial charge in [0.2, 0.25) is 10.0 Å². The molecule has 0 aromatic carbocycles. The topological polar surface area (TPSA) is 53.0 Å². The molecule has 5 nitrogen and oxygen atoms in total. The summed E-state index contributed by atoms with van der Waals surface area (Å²) in [5.41, 5.74) is 0. The van der Waals surface area contributed by atoms with Crippen LogP contribution in [-0.2, 0) is 10.0 Å². The molecule has 0 bridgehead atoms. The zero-order chi connectivity index (χ0) is 10.3. The minimum Gasteiger partial charge on any atom is -0.265 e. The first-order chi connectivity index (χ1) is 6.53. The molecule has 1 unspecified atom stereocenters. The molecule has 0 aliphatic carbocycles. The van der Waals surface area contributed by atoms with Crippen LogP contribution < -0.4 is 0 Å². The number of hydrazone groups is 1. The van der Waals surface area contributed by atoms with Crippen LogP contribution in [0.15, 0.2) is 5.10 Å². The van der Waals surface area contributed by atoms with E-state index in [0.717, 1.165) is 11.5 Å².